The maximum Gasteiger partial charge on any atom is 0.319 e. The molecule has 1 aromatic carbocycles. The monoisotopic (exact) mass is 427 g/mol. The van der Waals surface area contributed by atoms with E-state index in [-0.39, 0.29) is 23.0 Å². The fourth-order valence-electron chi connectivity index (χ4n) is 2.93. The van der Waals surface area contributed by atoms with E-state index in [1.54, 1.807) is 4.90 Å². The largest absolute Gasteiger partial charge is 0.465 e. The summed E-state index contributed by atoms with van der Waals surface area (Å²) in [6, 6.07) is 7.81. The van der Waals surface area contributed by atoms with Gasteiger partial charge in [-0.15, -0.1) is 23.4 Å². The molecule has 1 amide bonds. The standard InChI is InChI=1S/C22H34ClNO3S/c1-4-7-8-9-10-16-24(21(25)17-23)18-12-14-19(15-13-18)28-20(11-5-2)22(26)27-6-3/h12-15,20H,4-11,16-17H2,1-3H3. The molecule has 0 N–H and O–H groups in total. The second kappa shape index (κ2) is 14.7. The Morgan fingerprint density at radius 3 is 2.29 bits per heavy atom. The summed E-state index contributed by atoms with van der Waals surface area (Å²) in [5.74, 6) is -0.259. The average Bonchev–Trinajstić information content (AvgIpc) is 2.71. The number of unbranched alkanes of at least 4 members (excludes halogenated alkanes) is 4. The van der Waals surface area contributed by atoms with Crippen molar-refractivity contribution in [1.29, 1.82) is 0 Å². The summed E-state index contributed by atoms with van der Waals surface area (Å²) >= 11 is 7.33. The Balaban J connectivity index is 2.76. The van der Waals surface area contributed by atoms with Crippen molar-refractivity contribution in [3.8, 4) is 0 Å². The van der Waals surface area contributed by atoms with Crippen LogP contribution in [0.25, 0.3) is 0 Å². The third kappa shape index (κ3) is 8.87. The van der Waals surface area contributed by atoms with Crippen molar-refractivity contribution >= 4 is 40.9 Å². The molecule has 0 aliphatic carbocycles. The lowest BCUT2D eigenvalue weighted by Gasteiger charge is -2.22. The van der Waals surface area contributed by atoms with Crippen LogP contribution in [0.5, 0.6) is 0 Å². The molecule has 0 radical (unpaired) electrons. The van der Waals surface area contributed by atoms with Crippen LogP contribution in [-0.2, 0) is 14.3 Å². The summed E-state index contributed by atoms with van der Waals surface area (Å²) in [4.78, 5) is 27.2. The second-order valence-corrected chi connectivity index (χ2v) is 8.28. The number of esters is 1. The topological polar surface area (TPSA) is 46.6 Å². The lowest BCUT2D eigenvalue weighted by atomic mass is 10.1. The van der Waals surface area contributed by atoms with E-state index in [4.69, 9.17) is 16.3 Å². The van der Waals surface area contributed by atoms with Crippen LogP contribution < -0.4 is 4.90 Å². The SMILES string of the molecule is CCCCCCCN(C(=O)CCl)c1ccc(SC(CCC)C(=O)OCC)cc1. The smallest absolute Gasteiger partial charge is 0.319 e. The number of anilines is 1. The minimum atomic E-state index is -0.199. The number of thioether (sulfide) groups is 1. The van der Waals surface area contributed by atoms with E-state index in [0.29, 0.717) is 13.2 Å². The van der Waals surface area contributed by atoms with Gasteiger partial charge in [-0.3, -0.25) is 9.59 Å². The number of hydrogen-bond donors (Lipinski definition) is 0. The molecular weight excluding hydrogens is 394 g/mol. The Morgan fingerprint density at radius 2 is 1.71 bits per heavy atom. The van der Waals surface area contributed by atoms with Crippen LogP contribution in [0.3, 0.4) is 0 Å². The first-order valence-electron chi connectivity index (χ1n) is 10.4. The van der Waals surface area contributed by atoms with Gasteiger partial charge in [0.1, 0.15) is 11.1 Å². The molecule has 0 heterocycles. The zero-order valence-corrected chi connectivity index (χ0v) is 19.0. The van der Waals surface area contributed by atoms with E-state index in [9.17, 15) is 9.59 Å². The van der Waals surface area contributed by atoms with Gasteiger partial charge in [0.15, 0.2) is 0 Å². The maximum absolute atomic E-state index is 12.3. The molecule has 4 nitrogen and oxygen atoms in total. The van der Waals surface area contributed by atoms with E-state index in [1.165, 1.54) is 31.0 Å². The molecule has 0 spiro atoms. The van der Waals surface area contributed by atoms with Crippen molar-refractivity contribution in [2.75, 3.05) is 23.9 Å². The number of rotatable bonds is 14. The predicted octanol–water partition coefficient (Wildman–Crippen LogP) is 6.05. The lowest BCUT2D eigenvalue weighted by Crippen LogP contribution is -2.32. The minimum absolute atomic E-state index is 0.0209. The molecule has 0 saturated carbocycles. The number of benzene rings is 1. The molecule has 6 heteroatoms. The molecule has 1 aromatic rings. The first-order valence-corrected chi connectivity index (χ1v) is 11.8. The predicted molar refractivity (Wildman–Crippen MR) is 119 cm³/mol. The van der Waals surface area contributed by atoms with Crippen LogP contribution >= 0.6 is 23.4 Å². The van der Waals surface area contributed by atoms with Gasteiger partial charge in [0.25, 0.3) is 0 Å². The van der Waals surface area contributed by atoms with Gasteiger partial charge < -0.3 is 9.64 Å². The molecule has 1 unspecified atom stereocenters. The molecule has 0 aromatic heterocycles. The highest BCUT2D eigenvalue weighted by Crippen LogP contribution is 2.29. The van der Waals surface area contributed by atoms with Crippen LogP contribution in [0, 0.1) is 0 Å². The Hall–Kier alpha value is -1.20. The van der Waals surface area contributed by atoms with Crippen molar-refractivity contribution in [3.05, 3.63) is 24.3 Å². The molecule has 0 saturated heterocycles. The summed E-state index contributed by atoms with van der Waals surface area (Å²) < 4.78 is 5.18. The third-order valence-corrected chi connectivity index (χ3v) is 5.91. The fourth-order valence-corrected chi connectivity index (χ4v) is 4.22. The number of halogens is 1. The van der Waals surface area contributed by atoms with Gasteiger partial charge in [-0.05, 0) is 44.0 Å². The van der Waals surface area contributed by atoms with E-state index < -0.39 is 0 Å². The van der Waals surface area contributed by atoms with Crippen LogP contribution in [0.15, 0.2) is 29.2 Å². The summed E-state index contributed by atoms with van der Waals surface area (Å²) in [7, 11) is 0. The number of amides is 1. The quantitative estimate of drug-likeness (QED) is 0.157. The van der Waals surface area contributed by atoms with Crippen molar-refractivity contribution in [2.24, 2.45) is 0 Å². The number of alkyl halides is 1. The molecule has 0 aliphatic heterocycles. The van der Waals surface area contributed by atoms with Gasteiger partial charge in [0.05, 0.1) is 6.61 Å². The van der Waals surface area contributed by atoms with Gasteiger partial charge in [-0.2, -0.15) is 0 Å². The number of hydrogen-bond acceptors (Lipinski definition) is 4. The summed E-state index contributed by atoms with van der Waals surface area (Å²) in [6.45, 7) is 7.16. The highest BCUT2D eigenvalue weighted by molar-refractivity contribution is 8.00. The first-order chi connectivity index (χ1) is 13.6. The molecule has 1 rings (SSSR count). The molecule has 0 aliphatic rings. The summed E-state index contributed by atoms with van der Waals surface area (Å²) in [5, 5.41) is -0.199. The van der Waals surface area contributed by atoms with Gasteiger partial charge >= 0.3 is 5.97 Å². The van der Waals surface area contributed by atoms with Gasteiger partial charge in [-0.25, -0.2) is 0 Å². The Labute approximate surface area is 179 Å². The van der Waals surface area contributed by atoms with E-state index in [2.05, 4.69) is 13.8 Å². The van der Waals surface area contributed by atoms with Crippen LogP contribution in [-0.4, -0.2) is 36.2 Å². The molecule has 0 fully saturated rings. The van der Waals surface area contributed by atoms with Gasteiger partial charge in [-0.1, -0.05) is 46.0 Å². The van der Waals surface area contributed by atoms with Gasteiger partial charge in [0.2, 0.25) is 5.91 Å². The maximum atomic E-state index is 12.3. The van der Waals surface area contributed by atoms with Crippen molar-refractivity contribution < 1.29 is 14.3 Å². The second-order valence-electron chi connectivity index (χ2n) is 6.73. The van der Waals surface area contributed by atoms with Crippen LogP contribution in [0.4, 0.5) is 5.69 Å². The average molecular weight is 428 g/mol. The summed E-state index contributed by atoms with van der Waals surface area (Å²) in [6.07, 6.45) is 7.42. The Kier molecular flexibility index (Phi) is 13.1. The van der Waals surface area contributed by atoms with E-state index in [1.807, 2.05) is 31.2 Å². The molecular formula is C22H34ClNO3S. The highest BCUT2D eigenvalue weighted by atomic mass is 35.5. The fraction of sp³-hybridized carbons (Fsp3) is 0.636. The summed E-state index contributed by atoms with van der Waals surface area (Å²) in [5.41, 5.74) is 0.855. The Morgan fingerprint density at radius 1 is 1.04 bits per heavy atom. The number of ether oxygens (including phenoxy) is 1. The molecule has 28 heavy (non-hydrogen) atoms. The number of carbonyl (C=O) groups excluding carboxylic acids is 2. The van der Waals surface area contributed by atoms with E-state index >= 15 is 0 Å². The zero-order valence-electron chi connectivity index (χ0n) is 17.4. The van der Waals surface area contributed by atoms with Crippen molar-refractivity contribution in [3.63, 3.8) is 0 Å². The minimum Gasteiger partial charge on any atom is -0.465 e. The third-order valence-electron chi connectivity index (χ3n) is 4.43. The van der Waals surface area contributed by atoms with Crippen molar-refractivity contribution in [1.82, 2.24) is 0 Å². The first kappa shape index (κ1) is 24.8. The molecule has 1 atom stereocenters. The molecule has 158 valence electrons. The van der Waals surface area contributed by atoms with Crippen LogP contribution in [0.1, 0.15) is 65.7 Å². The number of nitrogens with zero attached hydrogens (tertiary/aromatic N) is 1. The lowest BCUT2D eigenvalue weighted by molar-refractivity contribution is -0.142. The van der Waals surface area contributed by atoms with E-state index in [0.717, 1.165) is 36.3 Å². The van der Waals surface area contributed by atoms with Crippen molar-refractivity contribution in [2.45, 2.75) is 75.9 Å². The number of carbonyl (C=O) groups is 2. The highest BCUT2D eigenvalue weighted by Gasteiger charge is 2.21. The zero-order chi connectivity index (χ0) is 20.8. The Bertz CT molecular complexity index is 580. The molecule has 0 bridgehead atoms. The normalized spacial score (nSPS) is 11.9. The van der Waals surface area contributed by atoms with Crippen LogP contribution in [0.2, 0.25) is 0 Å². The van der Waals surface area contributed by atoms with Gasteiger partial charge in [0, 0.05) is 17.1 Å².